The maximum atomic E-state index is 14.2. The number of rotatable bonds is 4. The Morgan fingerprint density at radius 2 is 1.81 bits per heavy atom. The van der Waals surface area contributed by atoms with E-state index in [0.29, 0.717) is 0 Å². The van der Waals surface area contributed by atoms with Crippen LogP contribution in [0.1, 0.15) is 5.56 Å². The molecule has 1 aliphatic heterocycles. The molecule has 3 rings (SSSR count). The van der Waals surface area contributed by atoms with Gasteiger partial charge >= 0.3 is 5.97 Å². The molecule has 0 saturated carbocycles. The number of alkyl halides is 1. The van der Waals surface area contributed by atoms with Crippen LogP contribution in [0.2, 0.25) is 0 Å². The minimum Gasteiger partial charge on any atom is -0.480 e. The molecule has 1 atom stereocenters. The van der Waals surface area contributed by atoms with Crippen LogP contribution in [0.3, 0.4) is 0 Å². The van der Waals surface area contributed by atoms with Crippen molar-refractivity contribution in [2.75, 3.05) is 10.8 Å². The Hall–Kier alpha value is -1.98. The molecule has 0 fully saturated rings. The fraction of sp³-hybridized carbons (Fsp3) is 0.118. The van der Waals surface area contributed by atoms with Crippen molar-refractivity contribution in [2.24, 2.45) is 5.84 Å². The number of hydrogen-bond acceptors (Lipinski definition) is 5. The molecule has 1 heterocycles. The van der Waals surface area contributed by atoms with Crippen molar-refractivity contribution in [1.29, 1.82) is 0 Å². The number of anilines is 1. The number of nitrogens with two attached hydrogens (primary N) is 1. The lowest BCUT2D eigenvalue weighted by Gasteiger charge is -2.31. The number of hydrogen-bond donors (Lipinski definition) is 2. The van der Waals surface area contributed by atoms with Crippen molar-refractivity contribution in [1.82, 2.24) is 0 Å². The van der Waals surface area contributed by atoms with E-state index in [4.69, 9.17) is 5.84 Å². The van der Waals surface area contributed by atoms with Crippen LogP contribution in [-0.4, -0.2) is 29.2 Å². The van der Waals surface area contributed by atoms with E-state index in [1.165, 1.54) is 30.3 Å². The summed E-state index contributed by atoms with van der Waals surface area (Å²) in [6.07, 6.45) is 0. The molecule has 26 heavy (non-hydrogen) atoms. The molecule has 2 aromatic rings. The van der Waals surface area contributed by atoms with Crippen LogP contribution in [0.4, 0.5) is 10.1 Å². The van der Waals surface area contributed by atoms with Crippen LogP contribution < -0.4 is 10.9 Å². The second-order valence-corrected chi connectivity index (χ2v) is 8.85. The highest BCUT2D eigenvalue weighted by Crippen LogP contribution is 2.39. The van der Waals surface area contributed by atoms with Gasteiger partial charge in [0, 0.05) is 5.56 Å². The number of para-hydroxylation sites is 1. The molecule has 6 nitrogen and oxygen atoms in total. The first-order valence-electron chi connectivity index (χ1n) is 7.45. The summed E-state index contributed by atoms with van der Waals surface area (Å²) < 4.78 is 38.3. The average molecular weight is 488 g/mol. The van der Waals surface area contributed by atoms with Crippen molar-refractivity contribution in [3.63, 3.8) is 0 Å². The number of hydrazine groups is 1. The monoisotopic (exact) mass is 488 g/mol. The molecule has 2 aromatic carbocycles. The lowest BCUT2D eigenvalue weighted by Crippen LogP contribution is -2.37. The van der Waals surface area contributed by atoms with Crippen LogP contribution in [0.25, 0.3) is 5.70 Å². The second-order valence-electron chi connectivity index (χ2n) is 5.65. The molecular weight excluding hydrogens is 474 g/mol. The topological polar surface area (TPSA) is 101 Å². The van der Waals surface area contributed by atoms with Crippen LogP contribution >= 0.6 is 22.6 Å². The fourth-order valence-corrected chi connectivity index (χ4v) is 5.32. The van der Waals surface area contributed by atoms with Crippen molar-refractivity contribution < 1.29 is 22.7 Å². The molecule has 0 aliphatic carbocycles. The average Bonchev–Trinajstić information content (AvgIpc) is 2.60. The van der Waals surface area contributed by atoms with Gasteiger partial charge in [-0.1, -0.05) is 52.9 Å². The third-order valence-corrected chi connectivity index (χ3v) is 7.00. The smallest absolute Gasteiger partial charge is 0.320 e. The highest BCUT2D eigenvalue weighted by Gasteiger charge is 2.37. The fourth-order valence-electron chi connectivity index (χ4n) is 2.85. The summed E-state index contributed by atoms with van der Waals surface area (Å²) in [6.45, 7) is 0. The predicted molar refractivity (Wildman–Crippen MR) is 104 cm³/mol. The number of carbonyl (C=O) groups is 1. The first-order chi connectivity index (χ1) is 12.2. The van der Waals surface area contributed by atoms with Gasteiger partial charge in [-0.05, 0) is 23.8 Å². The van der Waals surface area contributed by atoms with Crippen LogP contribution in [-0.2, 0) is 14.6 Å². The second kappa shape index (κ2) is 6.97. The number of halogens is 2. The van der Waals surface area contributed by atoms with Gasteiger partial charge in [0.2, 0.25) is 0 Å². The third kappa shape index (κ3) is 3.21. The maximum Gasteiger partial charge on any atom is 0.320 e. The maximum absolute atomic E-state index is 14.2. The Morgan fingerprint density at radius 1 is 1.19 bits per heavy atom. The van der Waals surface area contributed by atoms with E-state index in [-0.39, 0.29) is 27.4 Å². The van der Waals surface area contributed by atoms with E-state index < -0.39 is 31.3 Å². The van der Waals surface area contributed by atoms with Crippen LogP contribution in [0, 0.1) is 5.82 Å². The molecule has 9 heteroatoms. The Morgan fingerprint density at radius 3 is 2.46 bits per heavy atom. The third-order valence-electron chi connectivity index (χ3n) is 4.00. The standard InChI is InChI=1S/C17H14FIN2O4S/c18-12-6-2-3-7-13(12)21(20)16-10-5-1-4-8-14(10)26(24,25)9-11(16)15(19)17(22)23/h1-8,15H,9,20H2,(H,22,23). The summed E-state index contributed by atoms with van der Waals surface area (Å²) in [5.74, 6) is 3.85. The highest BCUT2D eigenvalue weighted by molar-refractivity contribution is 14.1. The minimum atomic E-state index is -3.73. The van der Waals surface area contributed by atoms with Gasteiger partial charge in [-0.2, -0.15) is 0 Å². The first-order valence-corrected chi connectivity index (χ1v) is 10.3. The lowest BCUT2D eigenvalue weighted by atomic mass is 10.0. The van der Waals surface area contributed by atoms with Gasteiger partial charge in [0.25, 0.3) is 0 Å². The molecule has 0 radical (unpaired) electrons. The molecule has 0 bridgehead atoms. The number of nitrogens with zero attached hydrogens (tertiary/aromatic N) is 1. The quantitative estimate of drug-likeness (QED) is 0.297. The van der Waals surface area contributed by atoms with E-state index >= 15 is 0 Å². The summed E-state index contributed by atoms with van der Waals surface area (Å²) in [5.41, 5.74) is 0.551. The number of aliphatic carboxylic acids is 1. The number of carboxylic acids is 1. The van der Waals surface area contributed by atoms with Crippen molar-refractivity contribution in [2.45, 2.75) is 8.82 Å². The zero-order valence-corrected chi connectivity index (χ0v) is 16.2. The molecule has 0 amide bonds. The molecule has 136 valence electrons. The van der Waals surface area contributed by atoms with E-state index in [2.05, 4.69) is 0 Å². The minimum absolute atomic E-state index is 0.0167. The van der Waals surface area contributed by atoms with E-state index in [1.54, 1.807) is 40.8 Å². The summed E-state index contributed by atoms with van der Waals surface area (Å²) in [5, 5.41) is 10.4. The molecular formula is C17H14FIN2O4S. The van der Waals surface area contributed by atoms with E-state index in [0.717, 1.165) is 5.01 Å². The lowest BCUT2D eigenvalue weighted by molar-refractivity contribution is -0.135. The predicted octanol–water partition coefficient (Wildman–Crippen LogP) is 2.59. The zero-order chi connectivity index (χ0) is 19.1. The van der Waals surface area contributed by atoms with Gasteiger partial charge in [-0.15, -0.1) is 0 Å². The van der Waals surface area contributed by atoms with E-state index in [9.17, 15) is 22.7 Å². The molecule has 1 aliphatic rings. The molecule has 0 spiro atoms. The number of benzene rings is 2. The molecule has 0 aromatic heterocycles. The summed E-state index contributed by atoms with van der Waals surface area (Å²) in [4.78, 5) is 11.6. The van der Waals surface area contributed by atoms with Gasteiger partial charge in [-0.25, -0.2) is 18.7 Å². The van der Waals surface area contributed by atoms with Crippen LogP contribution in [0.5, 0.6) is 0 Å². The van der Waals surface area contributed by atoms with Crippen molar-refractivity contribution >= 4 is 49.8 Å². The Bertz CT molecular complexity index is 1020. The Kier molecular flexibility index (Phi) is 5.04. The van der Waals surface area contributed by atoms with E-state index in [1.807, 2.05) is 0 Å². The number of carboxylic acid groups (broad SMARTS) is 1. The van der Waals surface area contributed by atoms with Gasteiger partial charge < -0.3 is 5.11 Å². The SMILES string of the molecule is NN(C1=C(C(I)C(=O)O)CS(=O)(=O)c2ccccc21)c1ccccc1F. The Balaban J connectivity index is 2.32. The first kappa shape index (κ1) is 18.8. The van der Waals surface area contributed by atoms with Gasteiger partial charge in [0.05, 0.1) is 22.0 Å². The van der Waals surface area contributed by atoms with Crippen LogP contribution in [0.15, 0.2) is 59.0 Å². The number of fused-ring (bicyclic) bond motifs is 1. The molecule has 3 N–H and O–H groups in total. The van der Waals surface area contributed by atoms with Crippen molar-refractivity contribution in [3.05, 3.63) is 65.5 Å². The molecule has 0 saturated heterocycles. The zero-order valence-electron chi connectivity index (χ0n) is 13.3. The molecule has 1 unspecified atom stereocenters. The van der Waals surface area contributed by atoms with Gasteiger partial charge in [-0.3, -0.25) is 9.80 Å². The van der Waals surface area contributed by atoms with Gasteiger partial charge in [0.15, 0.2) is 9.84 Å². The normalized spacial score (nSPS) is 16.7. The van der Waals surface area contributed by atoms with Crippen molar-refractivity contribution in [3.8, 4) is 0 Å². The highest BCUT2D eigenvalue weighted by atomic mass is 127. The number of sulfone groups is 1. The largest absolute Gasteiger partial charge is 0.480 e. The Labute approximate surface area is 163 Å². The summed E-state index contributed by atoms with van der Waals surface area (Å²) in [6, 6.07) is 11.9. The summed E-state index contributed by atoms with van der Waals surface area (Å²) >= 11 is 1.65. The summed E-state index contributed by atoms with van der Waals surface area (Å²) in [7, 11) is -3.73. The van der Waals surface area contributed by atoms with Gasteiger partial charge in [0.1, 0.15) is 9.74 Å².